The number of benzene rings is 1. The Morgan fingerprint density at radius 2 is 1.94 bits per heavy atom. The molecule has 2 nitrogen and oxygen atoms in total. The number of hydrogen-bond donors (Lipinski definition) is 2. The highest BCUT2D eigenvalue weighted by Crippen LogP contribution is 2.47. The largest absolute Gasteiger partial charge is 0.508 e. The Labute approximate surface area is 104 Å². The predicted molar refractivity (Wildman–Crippen MR) is 71.2 cm³/mol. The number of aromatic hydroxyl groups is 1. The second-order valence-electron chi connectivity index (χ2n) is 5.55. The zero-order chi connectivity index (χ0) is 12.3. The zero-order valence-corrected chi connectivity index (χ0v) is 10.9. The molecular weight excluding hydrogens is 210 g/mol. The van der Waals surface area contributed by atoms with Crippen molar-refractivity contribution in [1.29, 1.82) is 0 Å². The van der Waals surface area contributed by atoms with E-state index in [-0.39, 0.29) is 0 Å². The molecule has 1 fully saturated rings. The van der Waals surface area contributed by atoms with Gasteiger partial charge in [0.1, 0.15) is 5.75 Å². The lowest BCUT2D eigenvalue weighted by Crippen LogP contribution is -2.35. The van der Waals surface area contributed by atoms with Crippen LogP contribution in [0.1, 0.15) is 32.3 Å². The van der Waals surface area contributed by atoms with Crippen LogP contribution in [0.3, 0.4) is 0 Å². The molecule has 1 atom stereocenters. The SMILES string of the molecule is CCNCC(C)(Cc1ccc(O)cc1)C1CC1. The minimum Gasteiger partial charge on any atom is -0.508 e. The molecule has 0 radical (unpaired) electrons. The van der Waals surface area contributed by atoms with Gasteiger partial charge in [0.05, 0.1) is 0 Å². The van der Waals surface area contributed by atoms with Gasteiger partial charge in [0.15, 0.2) is 0 Å². The summed E-state index contributed by atoms with van der Waals surface area (Å²) in [5.74, 6) is 1.23. The molecule has 0 amide bonds. The molecule has 0 aliphatic heterocycles. The van der Waals surface area contributed by atoms with E-state index in [1.54, 1.807) is 12.1 Å². The van der Waals surface area contributed by atoms with E-state index in [0.29, 0.717) is 11.2 Å². The second kappa shape index (κ2) is 5.09. The summed E-state index contributed by atoms with van der Waals surface area (Å²) in [4.78, 5) is 0. The van der Waals surface area contributed by atoms with Gasteiger partial charge in [0.25, 0.3) is 0 Å². The summed E-state index contributed by atoms with van der Waals surface area (Å²) < 4.78 is 0. The average molecular weight is 233 g/mol. The molecule has 0 heterocycles. The van der Waals surface area contributed by atoms with Gasteiger partial charge in [0, 0.05) is 6.54 Å². The van der Waals surface area contributed by atoms with Gasteiger partial charge in [-0.05, 0) is 54.8 Å². The van der Waals surface area contributed by atoms with Crippen molar-refractivity contribution in [3.05, 3.63) is 29.8 Å². The third-order valence-electron chi connectivity index (χ3n) is 3.89. The molecule has 0 spiro atoms. The fraction of sp³-hybridized carbons (Fsp3) is 0.600. The molecule has 2 N–H and O–H groups in total. The summed E-state index contributed by atoms with van der Waals surface area (Å²) in [6.45, 7) is 6.68. The minimum absolute atomic E-state index is 0.355. The van der Waals surface area contributed by atoms with Crippen molar-refractivity contribution in [2.75, 3.05) is 13.1 Å². The van der Waals surface area contributed by atoms with Gasteiger partial charge in [-0.2, -0.15) is 0 Å². The summed E-state index contributed by atoms with van der Waals surface area (Å²) in [5.41, 5.74) is 1.70. The Bertz CT molecular complexity index is 356. The van der Waals surface area contributed by atoms with Crippen LogP contribution in [0.25, 0.3) is 0 Å². The zero-order valence-electron chi connectivity index (χ0n) is 10.9. The molecule has 2 rings (SSSR count). The highest BCUT2D eigenvalue weighted by atomic mass is 16.3. The first-order valence-electron chi connectivity index (χ1n) is 6.63. The van der Waals surface area contributed by atoms with E-state index in [0.717, 1.165) is 25.4 Å². The Morgan fingerprint density at radius 1 is 1.29 bits per heavy atom. The molecule has 1 saturated carbocycles. The van der Waals surface area contributed by atoms with Crippen LogP contribution in [0.2, 0.25) is 0 Å². The summed E-state index contributed by atoms with van der Waals surface area (Å²) in [7, 11) is 0. The van der Waals surface area contributed by atoms with Gasteiger partial charge < -0.3 is 10.4 Å². The molecule has 17 heavy (non-hydrogen) atoms. The van der Waals surface area contributed by atoms with Gasteiger partial charge in [-0.3, -0.25) is 0 Å². The van der Waals surface area contributed by atoms with Gasteiger partial charge in [-0.1, -0.05) is 26.0 Å². The molecule has 2 heteroatoms. The van der Waals surface area contributed by atoms with Crippen molar-refractivity contribution >= 4 is 0 Å². The van der Waals surface area contributed by atoms with E-state index in [2.05, 4.69) is 19.2 Å². The second-order valence-corrected chi connectivity index (χ2v) is 5.55. The van der Waals surface area contributed by atoms with Crippen LogP contribution in [0.15, 0.2) is 24.3 Å². The van der Waals surface area contributed by atoms with Crippen LogP contribution in [0.4, 0.5) is 0 Å². The van der Waals surface area contributed by atoms with Crippen LogP contribution in [-0.4, -0.2) is 18.2 Å². The maximum atomic E-state index is 9.31. The topological polar surface area (TPSA) is 32.3 Å². The van der Waals surface area contributed by atoms with Crippen LogP contribution >= 0.6 is 0 Å². The van der Waals surface area contributed by atoms with E-state index in [1.165, 1.54) is 18.4 Å². The number of phenolic OH excluding ortho intramolecular Hbond substituents is 1. The molecule has 1 aliphatic carbocycles. The number of hydrogen-bond acceptors (Lipinski definition) is 2. The summed E-state index contributed by atoms with van der Waals surface area (Å²) in [6.07, 6.45) is 3.85. The Morgan fingerprint density at radius 3 is 2.47 bits per heavy atom. The minimum atomic E-state index is 0.355. The molecule has 0 bridgehead atoms. The molecule has 0 aromatic heterocycles. The van der Waals surface area contributed by atoms with E-state index >= 15 is 0 Å². The van der Waals surface area contributed by atoms with Crippen LogP contribution < -0.4 is 5.32 Å². The first-order valence-corrected chi connectivity index (χ1v) is 6.63. The normalized spacial score (nSPS) is 18.9. The lowest BCUT2D eigenvalue weighted by molar-refractivity contribution is 0.258. The van der Waals surface area contributed by atoms with Crippen LogP contribution in [0, 0.1) is 11.3 Å². The lowest BCUT2D eigenvalue weighted by atomic mass is 9.79. The molecule has 1 aromatic rings. The van der Waals surface area contributed by atoms with Crippen molar-refractivity contribution < 1.29 is 5.11 Å². The Kier molecular flexibility index (Phi) is 3.72. The fourth-order valence-electron chi connectivity index (χ4n) is 2.62. The number of rotatable bonds is 6. The smallest absolute Gasteiger partial charge is 0.115 e. The summed E-state index contributed by atoms with van der Waals surface area (Å²) >= 11 is 0. The van der Waals surface area contributed by atoms with Gasteiger partial charge in [0.2, 0.25) is 0 Å². The summed E-state index contributed by atoms with van der Waals surface area (Å²) in [6, 6.07) is 7.66. The van der Waals surface area contributed by atoms with Crippen LogP contribution in [0.5, 0.6) is 5.75 Å². The molecular formula is C15H23NO. The first-order chi connectivity index (χ1) is 8.14. The van der Waals surface area contributed by atoms with Crippen molar-refractivity contribution in [3.8, 4) is 5.75 Å². The Hall–Kier alpha value is -1.02. The number of nitrogens with one attached hydrogen (secondary N) is 1. The quantitative estimate of drug-likeness (QED) is 0.791. The third-order valence-corrected chi connectivity index (χ3v) is 3.89. The molecule has 1 aromatic carbocycles. The van der Waals surface area contributed by atoms with Gasteiger partial charge in [-0.15, -0.1) is 0 Å². The number of phenols is 1. The first kappa shape index (κ1) is 12.4. The van der Waals surface area contributed by atoms with Crippen molar-refractivity contribution in [2.24, 2.45) is 11.3 Å². The average Bonchev–Trinajstić information content (AvgIpc) is 3.14. The van der Waals surface area contributed by atoms with Gasteiger partial charge in [-0.25, -0.2) is 0 Å². The van der Waals surface area contributed by atoms with E-state index < -0.39 is 0 Å². The maximum Gasteiger partial charge on any atom is 0.115 e. The van der Waals surface area contributed by atoms with Crippen molar-refractivity contribution in [2.45, 2.75) is 33.1 Å². The highest BCUT2D eigenvalue weighted by Gasteiger charge is 2.40. The van der Waals surface area contributed by atoms with Gasteiger partial charge >= 0.3 is 0 Å². The maximum absolute atomic E-state index is 9.31. The molecule has 1 aliphatic rings. The van der Waals surface area contributed by atoms with Crippen molar-refractivity contribution in [1.82, 2.24) is 5.32 Å². The monoisotopic (exact) mass is 233 g/mol. The van der Waals surface area contributed by atoms with E-state index in [9.17, 15) is 5.11 Å². The van der Waals surface area contributed by atoms with Crippen molar-refractivity contribution in [3.63, 3.8) is 0 Å². The third kappa shape index (κ3) is 3.22. The van der Waals surface area contributed by atoms with E-state index in [4.69, 9.17) is 0 Å². The fourth-order valence-corrected chi connectivity index (χ4v) is 2.62. The predicted octanol–water partition coefficient (Wildman–Crippen LogP) is 2.96. The molecule has 0 saturated heterocycles. The summed E-state index contributed by atoms with van der Waals surface area (Å²) in [5, 5.41) is 12.8. The Balaban J connectivity index is 2.04. The van der Waals surface area contributed by atoms with E-state index in [1.807, 2.05) is 12.1 Å². The highest BCUT2D eigenvalue weighted by molar-refractivity contribution is 5.27. The molecule has 1 unspecified atom stereocenters. The molecule has 94 valence electrons. The lowest BCUT2D eigenvalue weighted by Gasteiger charge is -2.30. The standard InChI is InChI=1S/C15H23NO/c1-3-16-11-15(2,13-6-7-13)10-12-4-8-14(17)9-5-12/h4-5,8-9,13,16-17H,3,6-7,10-11H2,1-2H3. The van der Waals surface area contributed by atoms with Crippen LogP contribution in [-0.2, 0) is 6.42 Å².